The molecule has 0 aliphatic carbocycles. The Morgan fingerprint density at radius 2 is 2.00 bits per heavy atom. The summed E-state index contributed by atoms with van der Waals surface area (Å²) in [6, 6.07) is 6.05. The zero-order valence-electron chi connectivity index (χ0n) is 15.1. The van der Waals surface area contributed by atoms with Gasteiger partial charge in [-0.3, -0.25) is 4.79 Å². The van der Waals surface area contributed by atoms with Gasteiger partial charge in [-0.05, 0) is 52.7 Å². The lowest BCUT2D eigenvalue weighted by Crippen LogP contribution is -2.26. The van der Waals surface area contributed by atoms with Gasteiger partial charge in [0.05, 0.1) is 17.5 Å². The van der Waals surface area contributed by atoms with Crippen molar-refractivity contribution in [1.82, 2.24) is 20.3 Å². The third-order valence-electron chi connectivity index (χ3n) is 3.62. The van der Waals surface area contributed by atoms with E-state index in [0.717, 1.165) is 17.7 Å². The molecule has 24 heavy (non-hydrogen) atoms. The molecule has 0 aliphatic rings. The van der Waals surface area contributed by atoms with Crippen LogP contribution in [-0.4, -0.2) is 40.2 Å². The molecule has 0 saturated heterocycles. The third-order valence-corrected chi connectivity index (χ3v) is 3.62. The van der Waals surface area contributed by atoms with Crippen molar-refractivity contribution in [3.63, 3.8) is 0 Å². The van der Waals surface area contributed by atoms with E-state index in [2.05, 4.69) is 21.6 Å². The van der Waals surface area contributed by atoms with E-state index in [1.165, 1.54) is 10.4 Å². The van der Waals surface area contributed by atoms with Crippen molar-refractivity contribution < 1.29 is 9.53 Å². The maximum absolute atomic E-state index is 12.3. The number of nitrogens with zero attached hydrogens (tertiary/aromatic N) is 3. The van der Waals surface area contributed by atoms with Crippen LogP contribution in [0.3, 0.4) is 0 Å². The minimum Gasteiger partial charge on any atom is -0.379 e. The Morgan fingerprint density at radius 1 is 1.25 bits per heavy atom. The first-order valence-corrected chi connectivity index (χ1v) is 8.30. The number of amides is 1. The average molecular weight is 330 g/mol. The van der Waals surface area contributed by atoms with Crippen molar-refractivity contribution >= 4 is 5.91 Å². The molecule has 0 fully saturated rings. The second-order valence-electron chi connectivity index (χ2n) is 6.24. The molecule has 0 saturated carbocycles. The molecule has 0 unspecified atom stereocenters. The second kappa shape index (κ2) is 8.06. The molecule has 0 spiro atoms. The highest BCUT2D eigenvalue weighted by Crippen LogP contribution is 2.15. The Hall–Kier alpha value is -2.21. The van der Waals surface area contributed by atoms with Gasteiger partial charge in [0, 0.05) is 13.2 Å². The van der Waals surface area contributed by atoms with Gasteiger partial charge in [-0.1, -0.05) is 17.7 Å². The number of ether oxygens (including phenoxy) is 1. The number of aromatic nitrogens is 3. The van der Waals surface area contributed by atoms with E-state index in [1.807, 2.05) is 39.8 Å². The van der Waals surface area contributed by atoms with Crippen molar-refractivity contribution in [2.75, 3.05) is 13.2 Å². The monoisotopic (exact) mass is 330 g/mol. The number of nitrogens with one attached hydrogen (secondary N) is 1. The average Bonchev–Trinajstić information content (AvgIpc) is 2.88. The molecule has 2 rings (SSSR count). The lowest BCUT2D eigenvalue weighted by atomic mass is 10.1. The molecule has 0 aliphatic heterocycles. The summed E-state index contributed by atoms with van der Waals surface area (Å²) < 4.78 is 5.45. The number of benzene rings is 1. The van der Waals surface area contributed by atoms with E-state index in [-0.39, 0.29) is 12.0 Å². The van der Waals surface area contributed by atoms with Crippen LogP contribution in [0.15, 0.2) is 18.2 Å². The molecule has 1 aromatic carbocycles. The van der Waals surface area contributed by atoms with Crippen LogP contribution in [0.1, 0.15) is 47.6 Å². The standard InChI is InChI=1S/C18H26N4O2/c1-12(2)24-10-6-9-19-18(23)17-15(5)20-22(21-17)16-8-7-13(3)11-14(16)4/h7-8,11-12H,6,9-10H2,1-5H3,(H,19,23). The summed E-state index contributed by atoms with van der Waals surface area (Å²) in [4.78, 5) is 13.8. The van der Waals surface area contributed by atoms with Gasteiger partial charge < -0.3 is 10.1 Å². The number of hydrogen-bond acceptors (Lipinski definition) is 4. The predicted molar refractivity (Wildman–Crippen MR) is 93.6 cm³/mol. The fourth-order valence-corrected chi connectivity index (χ4v) is 2.40. The largest absolute Gasteiger partial charge is 0.379 e. The van der Waals surface area contributed by atoms with Crippen LogP contribution in [0.4, 0.5) is 0 Å². The quantitative estimate of drug-likeness (QED) is 0.793. The van der Waals surface area contributed by atoms with Gasteiger partial charge in [-0.2, -0.15) is 9.90 Å². The minimum atomic E-state index is -0.201. The van der Waals surface area contributed by atoms with Crippen molar-refractivity contribution in [3.8, 4) is 5.69 Å². The van der Waals surface area contributed by atoms with Gasteiger partial charge in [-0.15, -0.1) is 5.10 Å². The number of aryl methyl sites for hydroxylation is 3. The first-order chi connectivity index (χ1) is 11.4. The molecule has 6 nitrogen and oxygen atoms in total. The lowest BCUT2D eigenvalue weighted by molar-refractivity contribution is 0.0756. The molecule has 2 aromatic rings. The minimum absolute atomic E-state index is 0.201. The summed E-state index contributed by atoms with van der Waals surface area (Å²) >= 11 is 0. The van der Waals surface area contributed by atoms with Crippen LogP contribution in [0.5, 0.6) is 0 Å². The maximum Gasteiger partial charge on any atom is 0.273 e. The Bertz CT molecular complexity index is 707. The molecule has 1 aromatic heterocycles. The first kappa shape index (κ1) is 18.1. The molecule has 1 amide bonds. The Labute approximate surface area is 143 Å². The Kier molecular flexibility index (Phi) is 6.09. The number of carbonyl (C=O) groups excluding carboxylic acids is 1. The van der Waals surface area contributed by atoms with Crippen molar-refractivity contribution in [2.45, 2.75) is 47.1 Å². The van der Waals surface area contributed by atoms with Gasteiger partial charge >= 0.3 is 0 Å². The van der Waals surface area contributed by atoms with Crippen LogP contribution in [0, 0.1) is 20.8 Å². The SMILES string of the molecule is Cc1ccc(-n2nc(C)c(C(=O)NCCCOC(C)C)n2)c(C)c1. The van der Waals surface area contributed by atoms with Gasteiger partial charge in [0.2, 0.25) is 0 Å². The normalized spacial score (nSPS) is 11.1. The fraction of sp³-hybridized carbons (Fsp3) is 0.500. The van der Waals surface area contributed by atoms with Crippen LogP contribution in [0.2, 0.25) is 0 Å². The zero-order valence-corrected chi connectivity index (χ0v) is 15.1. The summed E-state index contributed by atoms with van der Waals surface area (Å²) in [7, 11) is 0. The molecule has 6 heteroatoms. The van der Waals surface area contributed by atoms with E-state index in [4.69, 9.17) is 4.74 Å². The lowest BCUT2D eigenvalue weighted by Gasteiger charge is -2.07. The fourth-order valence-electron chi connectivity index (χ4n) is 2.40. The molecular formula is C18H26N4O2. The third kappa shape index (κ3) is 4.64. The summed E-state index contributed by atoms with van der Waals surface area (Å²) in [5.74, 6) is -0.201. The molecule has 130 valence electrons. The van der Waals surface area contributed by atoms with Crippen LogP contribution < -0.4 is 5.32 Å². The highest BCUT2D eigenvalue weighted by atomic mass is 16.5. The molecule has 1 N–H and O–H groups in total. The number of carbonyl (C=O) groups is 1. The van der Waals surface area contributed by atoms with Gasteiger partial charge in [-0.25, -0.2) is 0 Å². The van der Waals surface area contributed by atoms with E-state index in [1.54, 1.807) is 6.92 Å². The molecule has 0 bridgehead atoms. The maximum atomic E-state index is 12.3. The van der Waals surface area contributed by atoms with Crippen molar-refractivity contribution in [1.29, 1.82) is 0 Å². The van der Waals surface area contributed by atoms with Crippen LogP contribution in [0.25, 0.3) is 5.69 Å². The van der Waals surface area contributed by atoms with E-state index < -0.39 is 0 Å². The van der Waals surface area contributed by atoms with Gasteiger partial charge in [0.1, 0.15) is 0 Å². The zero-order chi connectivity index (χ0) is 17.7. The second-order valence-corrected chi connectivity index (χ2v) is 6.24. The van der Waals surface area contributed by atoms with Crippen LogP contribution >= 0.6 is 0 Å². The van der Waals surface area contributed by atoms with Crippen molar-refractivity contribution in [2.24, 2.45) is 0 Å². The summed E-state index contributed by atoms with van der Waals surface area (Å²) in [6.45, 7) is 11.0. The first-order valence-electron chi connectivity index (χ1n) is 8.30. The van der Waals surface area contributed by atoms with Gasteiger partial charge in [0.15, 0.2) is 5.69 Å². The highest BCUT2D eigenvalue weighted by Gasteiger charge is 2.16. The van der Waals surface area contributed by atoms with E-state index in [9.17, 15) is 4.79 Å². The van der Waals surface area contributed by atoms with E-state index in [0.29, 0.717) is 24.5 Å². The summed E-state index contributed by atoms with van der Waals surface area (Å²) in [5.41, 5.74) is 4.11. The predicted octanol–water partition coefficient (Wildman–Crippen LogP) is 2.74. The Morgan fingerprint density at radius 3 is 2.67 bits per heavy atom. The van der Waals surface area contributed by atoms with E-state index >= 15 is 0 Å². The summed E-state index contributed by atoms with van der Waals surface area (Å²) in [5, 5.41) is 11.6. The number of hydrogen-bond donors (Lipinski definition) is 1. The molecule has 0 radical (unpaired) electrons. The topological polar surface area (TPSA) is 69.0 Å². The van der Waals surface area contributed by atoms with Crippen LogP contribution in [-0.2, 0) is 4.74 Å². The van der Waals surface area contributed by atoms with Gasteiger partial charge in [0.25, 0.3) is 5.91 Å². The molecule has 0 atom stereocenters. The smallest absolute Gasteiger partial charge is 0.273 e. The Balaban J connectivity index is 2.01. The molecule has 1 heterocycles. The molecular weight excluding hydrogens is 304 g/mol. The van der Waals surface area contributed by atoms with Crippen molar-refractivity contribution in [3.05, 3.63) is 40.7 Å². The summed E-state index contributed by atoms with van der Waals surface area (Å²) in [6.07, 6.45) is 0.981. The number of rotatable bonds is 7. The highest BCUT2D eigenvalue weighted by molar-refractivity contribution is 5.93.